The first-order valence-electron chi connectivity index (χ1n) is 6.40. The van der Waals surface area contributed by atoms with Gasteiger partial charge in [0.1, 0.15) is 5.82 Å². The quantitative estimate of drug-likeness (QED) is 0.736. The first kappa shape index (κ1) is 16.4. The summed E-state index contributed by atoms with van der Waals surface area (Å²) in [7, 11) is 3.23. The summed E-state index contributed by atoms with van der Waals surface area (Å²) in [6, 6.07) is 4.52. The minimum Gasteiger partial charge on any atom is -0.389 e. The van der Waals surface area contributed by atoms with Gasteiger partial charge in [-0.05, 0) is 19.1 Å². The third-order valence-corrected chi connectivity index (χ3v) is 2.87. The second kappa shape index (κ2) is 7.81. The molecule has 0 radical (unpaired) electrons. The smallest absolute Gasteiger partial charge is 0.239 e. The van der Waals surface area contributed by atoms with Gasteiger partial charge in [0, 0.05) is 32.0 Å². The second-order valence-corrected chi connectivity index (χ2v) is 4.55. The van der Waals surface area contributed by atoms with Crippen molar-refractivity contribution < 1.29 is 19.0 Å². The Morgan fingerprint density at radius 2 is 2.25 bits per heavy atom. The molecule has 0 aliphatic rings. The fraction of sp³-hybridized carbons (Fsp3) is 0.500. The van der Waals surface area contributed by atoms with E-state index in [1.807, 2.05) is 0 Å². The zero-order valence-corrected chi connectivity index (χ0v) is 12.0. The number of carbonyl (C=O) groups is 1. The molecule has 1 rings (SSSR count). The predicted octanol–water partition coefficient (Wildman–Crippen LogP) is 1.08. The highest BCUT2D eigenvalue weighted by Gasteiger charge is 2.17. The fourth-order valence-corrected chi connectivity index (χ4v) is 1.92. The fourth-order valence-electron chi connectivity index (χ4n) is 1.92. The Morgan fingerprint density at radius 1 is 1.55 bits per heavy atom. The zero-order valence-electron chi connectivity index (χ0n) is 12.0. The molecule has 0 heterocycles. The molecule has 0 aromatic heterocycles. The van der Waals surface area contributed by atoms with Crippen molar-refractivity contribution in [2.24, 2.45) is 0 Å². The van der Waals surface area contributed by atoms with Gasteiger partial charge < -0.3 is 20.1 Å². The molecule has 0 saturated carbocycles. The topological polar surface area (TPSA) is 61.8 Å². The van der Waals surface area contributed by atoms with Crippen LogP contribution in [-0.2, 0) is 9.53 Å². The van der Waals surface area contributed by atoms with Crippen LogP contribution in [0.25, 0.3) is 0 Å². The summed E-state index contributed by atoms with van der Waals surface area (Å²) in [6.07, 6.45) is -0.940. The van der Waals surface area contributed by atoms with Gasteiger partial charge in [0.25, 0.3) is 0 Å². The Hall–Kier alpha value is -1.66. The highest BCUT2D eigenvalue weighted by molar-refractivity contribution is 5.81. The van der Waals surface area contributed by atoms with Crippen molar-refractivity contribution in [1.29, 1.82) is 0 Å². The van der Waals surface area contributed by atoms with Crippen molar-refractivity contribution in [2.45, 2.75) is 13.0 Å². The SMILES string of the molecule is COCCNC(=O)CN(C)c1cccc(F)c1C(C)O. The number of amides is 1. The summed E-state index contributed by atoms with van der Waals surface area (Å²) < 4.78 is 18.6. The van der Waals surface area contributed by atoms with E-state index in [0.717, 1.165) is 0 Å². The number of hydrogen-bond acceptors (Lipinski definition) is 4. The third-order valence-electron chi connectivity index (χ3n) is 2.87. The molecule has 1 atom stereocenters. The molecule has 0 aliphatic carbocycles. The number of methoxy groups -OCH3 is 1. The number of benzene rings is 1. The van der Waals surface area contributed by atoms with Gasteiger partial charge in [-0.3, -0.25) is 4.79 Å². The number of carbonyl (C=O) groups excluding carboxylic acids is 1. The molecule has 112 valence electrons. The van der Waals surface area contributed by atoms with Crippen molar-refractivity contribution in [3.63, 3.8) is 0 Å². The summed E-state index contributed by atoms with van der Waals surface area (Å²) in [6.45, 7) is 2.44. The average molecular weight is 284 g/mol. The standard InChI is InChI=1S/C14H21FN2O3/c1-10(18)14-11(15)5-4-6-12(14)17(2)9-13(19)16-7-8-20-3/h4-6,10,18H,7-9H2,1-3H3,(H,16,19). The van der Waals surface area contributed by atoms with Crippen molar-refractivity contribution in [2.75, 3.05) is 38.8 Å². The van der Waals surface area contributed by atoms with Gasteiger partial charge in [-0.2, -0.15) is 0 Å². The molecule has 1 amide bonds. The maximum atomic E-state index is 13.7. The van der Waals surface area contributed by atoms with Crippen molar-refractivity contribution in [3.05, 3.63) is 29.6 Å². The number of nitrogens with one attached hydrogen (secondary N) is 1. The van der Waals surface area contributed by atoms with Crippen molar-refractivity contribution in [3.8, 4) is 0 Å². The van der Waals surface area contributed by atoms with Crippen LogP contribution in [0.1, 0.15) is 18.6 Å². The monoisotopic (exact) mass is 284 g/mol. The molecule has 5 nitrogen and oxygen atoms in total. The zero-order chi connectivity index (χ0) is 15.1. The Labute approximate surface area is 118 Å². The van der Waals surface area contributed by atoms with Gasteiger partial charge >= 0.3 is 0 Å². The first-order valence-corrected chi connectivity index (χ1v) is 6.40. The maximum absolute atomic E-state index is 13.7. The molecule has 0 bridgehead atoms. The number of halogens is 1. The van der Waals surface area contributed by atoms with E-state index in [2.05, 4.69) is 5.32 Å². The number of nitrogens with zero attached hydrogens (tertiary/aromatic N) is 1. The van der Waals surface area contributed by atoms with Crippen LogP contribution in [0.5, 0.6) is 0 Å². The molecule has 6 heteroatoms. The van der Waals surface area contributed by atoms with E-state index in [1.54, 1.807) is 31.2 Å². The summed E-state index contributed by atoms with van der Waals surface area (Å²) in [5, 5.41) is 12.3. The third kappa shape index (κ3) is 4.47. The van der Waals surface area contributed by atoms with Gasteiger partial charge in [-0.15, -0.1) is 0 Å². The predicted molar refractivity (Wildman–Crippen MR) is 75.2 cm³/mol. The minimum absolute atomic E-state index is 0.0763. The lowest BCUT2D eigenvalue weighted by molar-refractivity contribution is -0.119. The molecular formula is C14H21FN2O3. The van der Waals surface area contributed by atoms with Crippen LogP contribution in [0.4, 0.5) is 10.1 Å². The summed E-state index contributed by atoms with van der Waals surface area (Å²) >= 11 is 0. The highest BCUT2D eigenvalue weighted by atomic mass is 19.1. The lowest BCUT2D eigenvalue weighted by atomic mass is 10.1. The van der Waals surface area contributed by atoms with Crippen LogP contribution >= 0.6 is 0 Å². The molecule has 20 heavy (non-hydrogen) atoms. The number of anilines is 1. The van der Waals surface area contributed by atoms with Gasteiger partial charge in [0.2, 0.25) is 5.91 Å². The second-order valence-electron chi connectivity index (χ2n) is 4.55. The van der Waals surface area contributed by atoms with E-state index in [-0.39, 0.29) is 18.0 Å². The van der Waals surface area contributed by atoms with Crippen LogP contribution < -0.4 is 10.2 Å². The van der Waals surface area contributed by atoms with Crippen LogP contribution in [-0.4, -0.2) is 44.9 Å². The molecule has 0 spiro atoms. The number of ether oxygens (including phenoxy) is 1. The molecule has 2 N–H and O–H groups in total. The Kier molecular flexibility index (Phi) is 6.41. The summed E-state index contributed by atoms with van der Waals surface area (Å²) in [4.78, 5) is 13.3. The highest BCUT2D eigenvalue weighted by Crippen LogP contribution is 2.27. The molecule has 1 unspecified atom stereocenters. The van der Waals surface area contributed by atoms with E-state index in [0.29, 0.717) is 18.8 Å². The molecule has 1 aromatic carbocycles. The van der Waals surface area contributed by atoms with Gasteiger partial charge in [0.05, 0.1) is 19.3 Å². The average Bonchev–Trinajstić information content (AvgIpc) is 2.38. The van der Waals surface area contributed by atoms with Crippen molar-refractivity contribution in [1.82, 2.24) is 5.32 Å². The van der Waals surface area contributed by atoms with Crippen LogP contribution in [0.15, 0.2) is 18.2 Å². The normalized spacial score (nSPS) is 12.1. The first-order chi connectivity index (χ1) is 9.47. The van der Waals surface area contributed by atoms with Gasteiger partial charge in [-0.25, -0.2) is 4.39 Å². The van der Waals surface area contributed by atoms with Crippen LogP contribution in [0, 0.1) is 5.82 Å². The van der Waals surface area contributed by atoms with E-state index in [4.69, 9.17) is 4.74 Å². The molecule has 0 aliphatic heterocycles. The van der Waals surface area contributed by atoms with E-state index >= 15 is 0 Å². The molecule has 0 saturated heterocycles. The molecule has 0 fully saturated rings. The lowest BCUT2D eigenvalue weighted by Gasteiger charge is -2.23. The summed E-state index contributed by atoms with van der Waals surface area (Å²) in [5.41, 5.74) is 0.696. The maximum Gasteiger partial charge on any atom is 0.239 e. The van der Waals surface area contributed by atoms with E-state index in [1.165, 1.54) is 13.0 Å². The largest absolute Gasteiger partial charge is 0.389 e. The Morgan fingerprint density at radius 3 is 2.85 bits per heavy atom. The molecule has 1 aromatic rings. The minimum atomic E-state index is -0.940. The van der Waals surface area contributed by atoms with E-state index in [9.17, 15) is 14.3 Å². The number of hydrogen-bond donors (Lipinski definition) is 2. The summed E-state index contributed by atoms with van der Waals surface area (Å²) in [5.74, 6) is -0.672. The van der Waals surface area contributed by atoms with Crippen LogP contribution in [0.2, 0.25) is 0 Å². The molecular weight excluding hydrogens is 263 g/mol. The number of rotatable bonds is 7. The van der Waals surface area contributed by atoms with Crippen LogP contribution in [0.3, 0.4) is 0 Å². The Bertz CT molecular complexity index is 452. The number of likely N-dealkylation sites (N-methyl/N-ethyl adjacent to an activating group) is 1. The van der Waals surface area contributed by atoms with Gasteiger partial charge in [-0.1, -0.05) is 6.07 Å². The van der Waals surface area contributed by atoms with Crippen molar-refractivity contribution >= 4 is 11.6 Å². The lowest BCUT2D eigenvalue weighted by Crippen LogP contribution is -2.37. The van der Waals surface area contributed by atoms with E-state index < -0.39 is 11.9 Å². The Balaban J connectivity index is 2.75. The number of aliphatic hydroxyl groups excluding tert-OH is 1. The number of aliphatic hydroxyl groups is 1. The van der Waals surface area contributed by atoms with Gasteiger partial charge in [0.15, 0.2) is 0 Å².